The topological polar surface area (TPSA) is 57.9 Å². The molecule has 3 rings (SSSR count). The number of hydrogen-bond acceptors (Lipinski definition) is 5. The summed E-state index contributed by atoms with van der Waals surface area (Å²) in [7, 11) is 0. The number of nitriles is 1. The number of aryl methyl sites for hydroxylation is 2. The van der Waals surface area contributed by atoms with Gasteiger partial charge in [0.2, 0.25) is 0 Å². The first-order valence-electron chi connectivity index (χ1n) is 9.05. The average molecular weight is 464 g/mol. The van der Waals surface area contributed by atoms with Crippen molar-refractivity contribution in [2.75, 3.05) is 5.32 Å². The van der Waals surface area contributed by atoms with Crippen molar-refractivity contribution in [3.8, 4) is 23.1 Å². The number of hydrogen-bond donors (Lipinski definition) is 1. The summed E-state index contributed by atoms with van der Waals surface area (Å²) in [6.45, 7) is 3.99. The molecule has 0 saturated heterocycles. The van der Waals surface area contributed by atoms with Crippen LogP contribution in [0.5, 0.6) is 5.75 Å². The van der Waals surface area contributed by atoms with Crippen LogP contribution in [0.15, 0.2) is 54.0 Å². The Morgan fingerprint density at radius 2 is 2.03 bits per heavy atom. The Bertz CT molecular complexity index is 1150. The summed E-state index contributed by atoms with van der Waals surface area (Å²) in [6, 6.07) is 13.7. The van der Waals surface area contributed by atoms with E-state index < -0.39 is 11.7 Å². The average Bonchev–Trinajstić information content (AvgIpc) is 3.19. The van der Waals surface area contributed by atoms with Crippen molar-refractivity contribution in [3.05, 3.63) is 70.2 Å². The second kappa shape index (κ2) is 9.41. The molecule has 1 heterocycles. The molecule has 1 aromatic heterocycles. The van der Waals surface area contributed by atoms with Gasteiger partial charge in [-0.05, 0) is 31.5 Å². The van der Waals surface area contributed by atoms with Crippen LogP contribution in [0.4, 0.5) is 18.9 Å². The maximum absolute atomic E-state index is 13.5. The number of thiazole rings is 1. The molecular formula is C22H17ClF3N3OS. The summed E-state index contributed by atoms with van der Waals surface area (Å²) >= 11 is 6.13. The standard InChI is InChI=1S/C22H17ClF3N3OS/c1-13-7-8-16(14(2)9-13)18-12-31-20(29-18)15(10-27)11-28-17-5-3-4-6-19(17)30-22(25,26)21(23)24/h3-9,11-12,21,28H,1-2H3/b15-11+. The van der Waals surface area contributed by atoms with Crippen LogP contribution in [0.1, 0.15) is 16.1 Å². The van der Waals surface area contributed by atoms with Crippen LogP contribution in [0.25, 0.3) is 16.8 Å². The molecule has 1 unspecified atom stereocenters. The fraction of sp³-hybridized carbons (Fsp3) is 0.182. The highest BCUT2D eigenvalue weighted by Crippen LogP contribution is 2.34. The van der Waals surface area contributed by atoms with E-state index in [1.165, 1.54) is 35.7 Å². The fourth-order valence-electron chi connectivity index (χ4n) is 2.78. The van der Waals surface area contributed by atoms with E-state index in [0.717, 1.165) is 22.4 Å². The molecule has 0 aliphatic heterocycles. The highest BCUT2D eigenvalue weighted by atomic mass is 35.5. The van der Waals surface area contributed by atoms with E-state index in [4.69, 9.17) is 11.6 Å². The fourth-order valence-corrected chi connectivity index (χ4v) is 3.61. The Morgan fingerprint density at radius 1 is 1.29 bits per heavy atom. The lowest BCUT2D eigenvalue weighted by atomic mass is 10.0. The number of alkyl halides is 4. The minimum Gasteiger partial charge on any atom is -0.427 e. The van der Waals surface area contributed by atoms with Gasteiger partial charge in [0.05, 0.1) is 11.4 Å². The van der Waals surface area contributed by atoms with Crippen molar-refractivity contribution in [3.63, 3.8) is 0 Å². The molecule has 1 N–H and O–H groups in total. The largest absolute Gasteiger partial charge is 0.444 e. The number of para-hydroxylation sites is 2. The van der Waals surface area contributed by atoms with E-state index in [2.05, 4.69) is 15.0 Å². The van der Waals surface area contributed by atoms with Gasteiger partial charge in [-0.3, -0.25) is 0 Å². The van der Waals surface area contributed by atoms with E-state index in [-0.39, 0.29) is 17.0 Å². The first-order valence-corrected chi connectivity index (χ1v) is 10.4. The third-order valence-electron chi connectivity index (χ3n) is 4.27. The summed E-state index contributed by atoms with van der Waals surface area (Å²) in [6.07, 6.45) is -2.88. The molecule has 0 fully saturated rings. The van der Waals surface area contributed by atoms with Crippen molar-refractivity contribution >= 4 is 34.2 Å². The normalized spacial score (nSPS) is 12.9. The molecule has 9 heteroatoms. The lowest BCUT2D eigenvalue weighted by Crippen LogP contribution is -2.33. The lowest BCUT2D eigenvalue weighted by Gasteiger charge is -2.19. The third kappa shape index (κ3) is 5.37. The number of anilines is 1. The minimum atomic E-state index is -4.21. The summed E-state index contributed by atoms with van der Waals surface area (Å²) < 4.78 is 44.4. The molecule has 0 amide bonds. The Hall–Kier alpha value is -3.02. The molecule has 2 aromatic carbocycles. The number of allylic oxidation sites excluding steroid dienone is 1. The first kappa shape index (κ1) is 22.7. The molecular weight excluding hydrogens is 447 g/mol. The van der Waals surface area contributed by atoms with Crippen LogP contribution in [0, 0.1) is 25.2 Å². The van der Waals surface area contributed by atoms with Gasteiger partial charge in [-0.25, -0.2) is 9.37 Å². The summed E-state index contributed by atoms with van der Waals surface area (Å²) in [5.74, 6) is -0.320. The lowest BCUT2D eigenvalue weighted by molar-refractivity contribution is -0.198. The quantitative estimate of drug-likeness (QED) is 0.305. The smallest absolute Gasteiger partial charge is 0.427 e. The van der Waals surface area contributed by atoms with Crippen LogP contribution >= 0.6 is 22.9 Å². The van der Waals surface area contributed by atoms with Gasteiger partial charge < -0.3 is 10.1 Å². The van der Waals surface area contributed by atoms with Gasteiger partial charge in [0, 0.05) is 17.1 Å². The summed E-state index contributed by atoms with van der Waals surface area (Å²) in [5, 5.41) is 14.6. The number of rotatable bonds is 7. The van der Waals surface area contributed by atoms with Gasteiger partial charge in [-0.15, -0.1) is 11.3 Å². The molecule has 0 spiro atoms. The number of benzene rings is 2. The molecule has 4 nitrogen and oxygen atoms in total. The van der Waals surface area contributed by atoms with Gasteiger partial charge in [0.15, 0.2) is 0 Å². The molecule has 0 radical (unpaired) electrons. The maximum atomic E-state index is 13.5. The Balaban J connectivity index is 1.85. The predicted octanol–water partition coefficient (Wildman–Crippen LogP) is 6.91. The molecule has 0 aliphatic rings. The zero-order chi connectivity index (χ0) is 22.6. The zero-order valence-corrected chi connectivity index (χ0v) is 18.1. The van der Waals surface area contributed by atoms with E-state index >= 15 is 0 Å². The number of halogens is 4. The molecule has 160 valence electrons. The third-order valence-corrected chi connectivity index (χ3v) is 5.40. The molecule has 0 aliphatic carbocycles. The predicted molar refractivity (Wildman–Crippen MR) is 117 cm³/mol. The number of ether oxygens (including phenoxy) is 1. The zero-order valence-electron chi connectivity index (χ0n) is 16.5. The van der Waals surface area contributed by atoms with E-state index in [1.807, 2.05) is 43.5 Å². The van der Waals surface area contributed by atoms with Crippen LogP contribution in [-0.2, 0) is 0 Å². The molecule has 0 bridgehead atoms. The Labute approximate surface area is 186 Å². The summed E-state index contributed by atoms with van der Waals surface area (Å²) in [4.78, 5) is 4.53. The van der Waals surface area contributed by atoms with Crippen molar-refractivity contribution in [1.29, 1.82) is 5.26 Å². The van der Waals surface area contributed by atoms with Crippen molar-refractivity contribution in [2.45, 2.75) is 25.6 Å². The van der Waals surface area contributed by atoms with E-state index in [9.17, 15) is 18.4 Å². The van der Waals surface area contributed by atoms with E-state index in [0.29, 0.717) is 5.01 Å². The van der Waals surface area contributed by atoms with Gasteiger partial charge in [0.1, 0.15) is 22.4 Å². The van der Waals surface area contributed by atoms with Crippen molar-refractivity contribution < 1.29 is 17.9 Å². The Kier molecular flexibility index (Phi) is 6.88. The van der Waals surface area contributed by atoms with Gasteiger partial charge >= 0.3 is 6.11 Å². The number of nitrogens with one attached hydrogen (secondary N) is 1. The monoisotopic (exact) mass is 463 g/mol. The second-order valence-electron chi connectivity index (χ2n) is 6.63. The summed E-state index contributed by atoms with van der Waals surface area (Å²) in [5.41, 5.74) is 1.19. The number of aromatic nitrogens is 1. The number of nitrogens with zero attached hydrogens (tertiary/aromatic N) is 2. The highest BCUT2D eigenvalue weighted by Gasteiger charge is 2.42. The van der Waals surface area contributed by atoms with Crippen LogP contribution in [0.3, 0.4) is 0 Å². The first-order chi connectivity index (χ1) is 14.7. The van der Waals surface area contributed by atoms with Crippen LogP contribution in [0.2, 0.25) is 0 Å². The van der Waals surface area contributed by atoms with Crippen LogP contribution < -0.4 is 10.1 Å². The molecule has 3 aromatic rings. The minimum absolute atomic E-state index is 0.110. The highest BCUT2D eigenvalue weighted by molar-refractivity contribution is 7.11. The van der Waals surface area contributed by atoms with Gasteiger partial charge in [-0.2, -0.15) is 14.0 Å². The van der Waals surface area contributed by atoms with Crippen molar-refractivity contribution in [1.82, 2.24) is 4.98 Å². The second-order valence-corrected chi connectivity index (χ2v) is 7.87. The Morgan fingerprint density at radius 3 is 2.71 bits per heavy atom. The van der Waals surface area contributed by atoms with E-state index in [1.54, 1.807) is 6.07 Å². The van der Waals surface area contributed by atoms with Gasteiger partial charge in [-0.1, -0.05) is 47.5 Å². The molecule has 0 saturated carbocycles. The molecule has 1 atom stereocenters. The van der Waals surface area contributed by atoms with Crippen molar-refractivity contribution in [2.24, 2.45) is 0 Å². The van der Waals surface area contributed by atoms with Gasteiger partial charge in [0.25, 0.3) is 5.63 Å². The molecule has 31 heavy (non-hydrogen) atoms. The maximum Gasteiger partial charge on any atom is 0.444 e. The SMILES string of the molecule is Cc1ccc(-c2csc(/C(C#N)=C/Nc3ccccc3OC(F)(F)C(F)Cl)n2)c(C)c1. The van der Waals surface area contributed by atoms with Crippen LogP contribution in [-0.4, -0.2) is 16.7 Å².